The quantitative estimate of drug-likeness (QED) is 0.838. The van der Waals surface area contributed by atoms with Gasteiger partial charge in [-0.3, -0.25) is 9.58 Å². The van der Waals surface area contributed by atoms with Crippen LogP contribution in [0.3, 0.4) is 0 Å². The Labute approximate surface area is 136 Å². The summed E-state index contributed by atoms with van der Waals surface area (Å²) in [4.78, 5) is 4.87. The fourth-order valence-corrected chi connectivity index (χ4v) is 3.57. The molecule has 0 bridgehead atoms. The second kappa shape index (κ2) is 7.72. The molecule has 1 saturated heterocycles. The lowest BCUT2D eigenvalue weighted by Crippen LogP contribution is -2.53. The van der Waals surface area contributed by atoms with E-state index in [0.29, 0.717) is 6.04 Å². The first-order valence-corrected chi connectivity index (χ1v) is 8.69. The number of aryl methyl sites for hydroxylation is 2. The number of rotatable bonds is 6. The molecule has 0 saturated carbocycles. The molecule has 1 aromatic rings. The van der Waals surface area contributed by atoms with Crippen LogP contribution in [0.15, 0.2) is 4.47 Å². The number of hydrogen-bond acceptors (Lipinski definition) is 4. The normalized spacial score (nSPS) is 21.1. The summed E-state index contributed by atoms with van der Waals surface area (Å²) in [6.45, 7) is 10.6. The number of piperazine rings is 1. The molecule has 1 aliphatic heterocycles. The van der Waals surface area contributed by atoms with Crippen molar-refractivity contribution in [3.8, 4) is 0 Å². The zero-order valence-corrected chi connectivity index (χ0v) is 15.3. The van der Waals surface area contributed by atoms with Crippen molar-refractivity contribution in [3.63, 3.8) is 0 Å². The molecule has 21 heavy (non-hydrogen) atoms. The Balaban J connectivity index is 1.92. The van der Waals surface area contributed by atoms with E-state index in [1.165, 1.54) is 16.7 Å². The van der Waals surface area contributed by atoms with Crippen LogP contribution in [0.1, 0.15) is 25.2 Å². The fourth-order valence-electron chi connectivity index (χ4n) is 2.87. The van der Waals surface area contributed by atoms with Crippen molar-refractivity contribution in [2.75, 3.05) is 40.3 Å². The molecule has 6 heteroatoms. The van der Waals surface area contributed by atoms with Gasteiger partial charge in [-0.15, -0.1) is 0 Å². The highest BCUT2D eigenvalue weighted by Gasteiger charge is 2.22. The van der Waals surface area contributed by atoms with E-state index < -0.39 is 0 Å². The zero-order chi connectivity index (χ0) is 15.4. The molecular weight excluding hydrogens is 330 g/mol. The summed E-state index contributed by atoms with van der Waals surface area (Å²) in [6.07, 6.45) is 0.969. The van der Waals surface area contributed by atoms with Gasteiger partial charge in [-0.05, 0) is 43.4 Å². The van der Waals surface area contributed by atoms with E-state index in [0.717, 1.165) is 44.8 Å². The predicted molar refractivity (Wildman–Crippen MR) is 90.6 cm³/mol. The highest BCUT2D eigenvalue weighted by atomic mass is 79.9. The van der Waals surface area contributed by atoms with Crippen LogP contribution in [0.25, 0.3) is 0 Å². The molecule has 1 atom stereocenters. The van der Waals surface area contributed by atoms with Gasteiger partial charge in [-0.1, -0.05) is 6.92 Å². The van der Waals surface area contributed by atoms with Crippen molar-refractivity contribution >= 4 is 15.9 Å². The average molecular weight is 358 g/mol. The second-order valence-corrected chi connectivity index (χ2v) is 6.70. The molecule has 2 heterocycles. The molecule has 0 spiro atoms. The van der Waals surface area contributed by atoms with Crippen molar-refractivity contribution in [2.24, 2.45) is 0 Å². The van der Waals surface area contributed by atoms with E-state index in [9.17, 15) is 0 Å². The van der Waals surface area contributed by atoms with Gasteiger partial charge < -0.3 is 10.2 Å². The zero-order valence-electron chi connectivity index (χ0n) is 13.7. The van der Waals surface area contributed by atoms with Gasteiger partial charge in [0.2, 0.25) is 0 Å². The first-order chi connectivity index (χ1) is 10.1. The lowest BCUT2D eigenvalue weighted by Gasteiger charge is -2.37. The number of nitrogens with zero attached hydrogens (tertiary/aromatic N) is 4. The Kier molecular flexibility index (Phi) is 6.22. The number of halogens is 1. The maximum absolute atomic E-state index is 4.65. The molecule has 1 unspecified atom stereocenters. The first-order valence-electron chi connectivity index (χ1n) is 7.90. The fraction of sp³-hybridized carbons (Fsp3) is 0.800. The summed E-state index contributed by atoms with van der Waals surface area (Å²) in [5.41, 5.74) is 2.42. The van der Waals surface area contributed by atoms with Crippen LogP contribution < -0.4 is 5.32 Å². The van der Waals surface area contributed by atoms with Gasteiger partial charge in [0.25, 0.3) is 0 Å². The lowest BCUT2D eigenvalue weighted by atomic mass is 10.2. The Morgan fingerprint density at radius 1 is 1.29 bits per heavy atom. The molecule has 120 valence electrons. The van der Waals surface area contributed by atoms with Crippen molar-refractivity contribution in [3.05, 3.63) is 15.9 Å². The monoisotopic (exact) mass is 357 g/mol. The Morgan fingerprint density at radius 3 is 2.71 bits per heavy atom. The summed E-state index contributed by atoms with van der Waals surface area (Å²) in [6, 6.07) is 0.589. The molecule has 0 aliphatic carbocycles. The standard InChI is InChI=1S/C15H28BrN5/c1-5-13-15(16)14(21(6-2)18-13)10-17-9-12-11-19(3)7-8-20(12)4/h12,17H,5-11H2,1-4H3. The van der Waals surface area contributed by atoms with Gasteiger partial charge in [0.15, 0.2) is 0 Å². The van der Waals surface area contributed by atoms with Crippen LogP contribution in [-0.4, -0.2) is 65.9 Å². The molecule has 1 N–H and O–H groups in total. The summed E-state index contributed by atoms with van der Waals surface area (Å²) in [5.74, 6) is 0. The first kappa shape index (κ1) is 16.9. The van der Waals surface area contributed by atoms with E-state index in [1.807, 2.05) is 0 Å². The van der Waals surface area contributed by atoms with E-state index in [-0.39, 0.29) is 0 Å². The molecule has 0 radical (unpaired) electrons. The summed E-state index contributed by atoms with van der Waals surface area (Å²) < 4.78 is 3.28. The van der Waals surface area contributed by atoms with Crippen molar-refractivity contribution in [1.82, 2.24) is 24.9 Å². The van der Waals surface area contributed by atoms with Crippen LogP contribution in [0.2, 0.25) is 0 Å². The number of aromatic nitrogens is 2. The van der Waals surface area contributed by atoms with Crippen LogP contribution >= 0.6 is 15.9 Å². The molecule has 0 amide bonds. The molecule has 2 rings (SSSR count). The van der Waals surface area contributed by atoms with Gasteiger partial charge in [-0.2, -0.15) is 5.10 Å². The third-order valence-electron chi connectivity index (χ3n) is 4.35. The third kappa shape index (κ3) is 4.06. The summed E-state index contributed by atoms with van der Waals surface area (Å²) in [7, 11) is 4.43. The number of nitrogens with one attached hydrogen (secondary N) is 1. The Morgan fingerprint density at radius 2 is 2.05 bits per heavy atom. The van der Waals surface area contributed by atoms with Crippen LogP contribution in [-0.2, 0) is 19.5 Å². The van der Waals surface area contributed by atoms with E-state index in [2.05, 4.69) is 68.8 Å². The summed E-state index contributed by atoms with van der Waals surface area (Å²) in [5, 5.41) is 8.27. The van der Waals surface area contributed by atoms with Gasteiger partial charge in [0, 0.05) is 45.3 Å². The van der Waals surface area contributed by atoms with Crippen molar-refractivity contribution in [2.45, 2.75) is 39.4 Å². The molecule has 5 nitrogen and oxygen atoms in total. The molecular formula is C15H28BrN5. The van der Waals surface area contributed by atoms with Crippen molar-refractivity contribution < 1.29 is 0 Å². The largest absolute Gasteiger partial charge is 0.310 e. The summed E-state index contributed by atoms with van der Waals surface area (Å²) >= 11 is 3.71. The molecule has 0 aromatic carbocycles. The number of likely N-dealkylation sites (N-methyl/N-ethyl adjacent to an activating group) is 2. The van der Waals surface area contributed by atoms with Gasteiger partial charge in [0.05, 0.1) is 15.9 Å². The van der Waals surface area contributed by atoms with Gasteiger partial charge >= 0.3 is 0 Å². The van der Waals surface area contributed by atoms with E-state index >= 15 is 0 Å². The average Bonchev–Trinajstić information content (AvgIpc) is 2.79. The Bertz CT molecular complexity index is 459. The minimum Gasteiger partial charge on any atom is -0.310 e. The highest BCUT2D eigenvalue weighted by Crippen LogP contribution is 2.22. The SMILES string of the molecule is CCc1nn(CC)c(CNCC2CN(C)CCN2C)c1Br. The molecule has 1 aromatic heterocycles. The maximum Gasteiger partial charge on any atom is 0.0767 e. The van der Waals surface area contributed by atoms with Crippen LogP contribution in [0.4, 0.5) is 0 Å². The van der Waals surface area contributed by atoms with Gasteiger partial charge in [-0.25, -0.2) is 0 Å². The topological polar surface area (TPSA) is 36.3 Å². The maximum atomic E-state index is 4.65. The smallest absolute Gasteiger partial charge is 0.0767 e. The van der Waals surface area contributed by atoms with E-state index in [4.69, 9.17) is 0 Å². The van der Waals surface area contributed by atoms with Gasteiger partial charge in [0.1, 0.15) is 0 Å². The third-order valence-corrected chi connectivity index (χ3v) is 5.26. The predicted octanol–water partition coefficient (Wildman–Crippen LogP) is 1.56. The van der Waals surface area contributed by atoms with E-state index in [1.54, 1.807) is 0 Å². The minimum absolute atomic E-state index is 0.589. The Hall–Kier alpha value is -0.430. The lowest BCUT2D eigenvalue weighted by molar-refractivity contribution is 0.113. The highest BCUT2D eigenvalue weighted by molar-refractivity contribution is 9.10. The van der Waals surface area contributed by atoms with Crippen LogP contribution in [0, 0.1) is 0 Å². The molecule has 1 aliphatic rings. The molecule has 1 fully saturated rings. The number of hydrogen-bond donors (Lipinski definition) is 1. The second-order valence-electron chi connectivity index (χ2n) is 5.90. The minimum atomic E-state index is 0.589. The van der Waals surface area contributed by atoms with Crippen LogP contribution in [0.5, 0.6) is 0 Å². The van der Waals surface area contributed by atoms with Crippen molar-refractivity contribution in [1.29, 1.82) is 0 Å².